The largest absolute Gasteiger partial charge is 0.573 e. The minimum Gasteiger partial charge on any atom is -0.496 e. The summed E-state index contributed by atoms with van der Waals surface area (Å²) in [6.07, 6.45) is -3.79. The lowest BCUT2D eigenvalue weighted by Gasteiger charge is -2.13. The van der Waals surface area contributed by atoms with Crippen LogP contribution >= 0.6 is 11.6 Å². The van der Waals surface area contributed by atoms with Crippen LogP contribution in [0.1, 0.15) is 16.1 Å². The summed E-state index contributed by atoms with van der Waals surface area (Å²) in [6.45, 7) is 2.95. The number of aryl methyl sites for hydroxylation is 1. The molecule has 188 valence electrons. The van der Waals surface area contributed by atoms with E-state index in [1.807, 2.05) is 23.6 Å². The number of carbonyl (C=O) groups is 1. The van der Waals surface area contributed by atoms with Gasteiger partial charge in [0.1, 0.15) is 29.2 Å². The first kappa shape index (κ1) is 25.1. The highest BCUT2D eigenvalue weighted by molar-refractivity contribution is 6.35. The van der Waals surface area contributed by atoms with Crippen LogP contribution in [0, 0.1) is 6.92 Å². The molecule has 8 nitrogen and oxygen atoms in total. The fourth-order valence-electron chi connectivity index (χ4n) is 3.88. The van der Waals surface area contributed by atoms with Crippen molar-refractivity contribution >= 4 is 34.3 Å². The summed E-state index contributed by atoms with van der Waals surface area (Å²) < 4.78 is 49.7. The van der Waals surface area contributed by atoms with Crippen LogP contribution in [0.15, 0.2) is 48.8 Å². The number of halogens is 4. The van der Waals surface area contributed by atoms with Gasteiger partial charge in [0.05, 0.1) is 23.3 Å². The molecular formula is C24H20ClF3N4O4. The summed E-state index contributed by atoms with van der Waals surface area (Å²) in [5.41, 5.74) is 1.72. The third-order valence-corrected chi connectivity index (χ3v) is 5.74. The van der Waals surface area contributed by atoms with Crippen LogP contribution in [0.2, 0.25) is 5.02 Å². The zero-order valence-electron chi connectivity index (χ0n) is 19.1. The molecule has 0 fully saturated rings. The molecular weight excluding hydrogens is 501 g/mol. The molecule has 0 amide bonds. The second-order valence-electron chi connectivity index (χ2n) is 7.73. The molecule has 0 aliphatic rings. The number of ether oxygens (including phenoxy) is 2. The molecule has 0 aliphatic heterocycles. The van der Waals surface area contributed by atoms with Gasteiger partial charge in [-0.1, -0.05) is 17.7 Å². The Kier molecular flexibility index (Phi) is 6.93. The number of aromatic carboxylic acids is 1. The molecule has 0 saturated carbocycles. The van der Waals surface area contributed by atoms with E-state index in [4.69, 9.17) is 16.3 Å². The Morgan fingerprint density at radius 2 is 1.92 bits per heavy atom. The highest BCUT2D eigenvalue weighted by Gasteiger charge is 2.33. The Morgan fingerprint density at radius 1 is 1.14 bits per heavy atom. The number of benzene rings is 2. The molecule has 2 aromatic heterocycles. The van der Waals surface area contributed by atoms with Crippen molar-refractivity contribution in [2.45, 2.75) is 19.8 Å². The Balaban J connectivity index is 1.54. The smallest absolute Gasteiger partial charge is 0.496 e. The molecule has 2 aromatic carbocycles. The van der Waals surface area contributed by atoms with E-state index in [9.17, 15) is 23.1 Å². The molecule has 12 heteroatoms. The fourth-order valence-corrected chi connectivity index (χ4v) is 4.15. The standard InChI is InChI=1S/C24H20ClF3N4O4/c1-13-9-16-19(35-2)6-5-17(25)22(16)32(13)8-7-29-21-11-18(30-12-31-21)14-3-4-15(23(33)34)20(10-14)36-24(26,27)28/h3-6,9-12H,7-8H2,1-2H3,(H,33,34)(H,29,30,31). The monoisotopic (exact) mass is 520 g/mol. The quantitative estimate of drug-likeness (QED) is 0.304. The number of hydrogen-bond donors (Lipinski definition) is 2. The average molecular weight is 521 g/mol. The lowest BCUT2D eigenvalue weighted by molar-refractivity contribution is -0.274. The van der Waals surface area contributed by atoms with Crippen molar-refractivity contribution in [3.05, 3.63) is 65.1 Å². The van der Waals surface area contributed by atoms with Crippen LogP contribution in [-0.2, 0) is 6.54 Å². The summed E-state index contributed by atoms with van der Waals surface area (Å²) >= 11 is 6.44. The van der Waals surface area contributed by atoms with Crippen LogP contribution < -0.4 is 14.8 Å². The Labute approximate surface area is 208 Å². The van der Waals surface area contributed by atoms with Crippen molar-refractivity contribution in [2.75, 3.05) is 19.0 Å². The topological polar surface area (TPSA) is 98.5 Å². The van der Waals surface area contributed by atoms with E-state index in [0.717, 1.165) is 28.7 Å². The Morgan fingerprint density at radius 3 is 2.61 bits per heavy atom. The van der Waals surface area contributed by atoms with Crippen molar-refractivity contribution in [2.24, 2.45) is 0 Å². The van der Waals surface area contributed by atoms with E-state index in [1.54, 1.807) is 19.2 Å². The Hall–Kier alpha value is -3.99. The number of methoxy groups -OCH3 is 1. The Bertz CT molecular complexity index is 1440. The lowest BCUT2D eigenvalue weighted by atomic mass is 10.1. The average Bonchev–Trinajstić information content (AvgIpc) is 3.15. The van der Waals surface area contributed by atoms with Gasteiger partial charge in [-0.25, -0.2) is 14.8 Å². The summed E-state index contributed by atoms with van der Waals surface area (Å²) in [5.74, 6) is -1.23. The van der Waals surface area contributed by atoms with Crippen LogP contribution in [0.5, 0.6) is 11.5 Å². The van der Waals surface area contributed by atoms with E-state index < -0.39 is 23.6 Å². The van der Waals surface area contributed by atoms with E-state index >= 15 is 0 Å². The highest BCUT2D eigenvalue weighted by Crippen LogP contribution is 2.34. The number of rotatable bonds is 8. The van der Waals surface area contributed by atoms with Crippen LogP contribution in [-0.4, -0.2) is 45.6 Å². The number of anilines is 1. The van der Waals surface area contributed by atoms with Gasteiger partial charge in [-0.2, -0.15) is 0 Å². The first-order valence-corrected chi connectivity index (χ1v) is 11.0. The summed E-state index contributed by atoms with van der Waals surface area (Å²) in [6, 6.07) is 10.5. The first-order chi connectivity index (χ1) is 17.1. The van der Waals surface area contributed by atoms with E-state index in [2.05, 4.69) is 20.0 Å². The number of carboxylic acid groups (broad SMARTS) is 1. The van der Waals surface area contributed by atoms with Crippen molar-refractivity contribution in [1.82, 2.24) is 14.5 Å². The molecule has 2 N–H and O–H groups in total. The lowest BCUT2D eigenvalue weighted by Crippen LogP contribution is -2.19. The number of hydrogen-bond acceptors (Lipinski definition) is 6. The number of carboxylic acids is 1. The van der Waals surface area contributed by atoms with Crippen molar-refractivity contribution in [3.63, 3.8) is 0 Å². The van der Waals surface area contributed by atoms with E-state index in [0.29, 0.717) is 29.7 Å². The number of nitrogens with zero attached hydrogens (tertiary/aromatic N) is 3. The van der Waals surface area contributed by atoms with Gasteiger partial charge < -0.3 is 24.5 Å². The van der Waals surface area contributed by atoms with E-state index in [1.165, 1.54) is 12.4 Å². The maximum Gasteiger partial charge on any atom is 0.573 e. The van der Waals surface area contributed by atoms with Gasteiger partial charge in [-0.15, -0.1) is 13.2 Å². The first-order valence-electron chi connectivity index (χ1n) is 10.6. The van der Waals surface area contributed by atoms with Gasteiger partial charge in [-0.3, -0.25) is 0 Å². The summed E-state index contributed by atoms with van der Waals surface area (Å²) in [7, 11) is 1.59. The molecule has 0 bridgehead atoms. The number of aromatic nitrogens is 3. The van der Waals surface area contributed by atoms with E-state index in [-0.39, 0.29) is 11.3 Å². The van der Waals surface area contributed by atoms with Crippen molar-refractivity contribution in [3.8, 4) is 22.8 Å². The summed E-state index contributed by atoms with van der Waals surface area (Å²) in [4.78, 5) is 19.5. The molecule has 0 aliphatic carbocycles. The normalized spacial score (nSPS) is 11.5. The molecule has 0 spiro atoms. The second-order valence-corrected chi connectivity index (χ2v) is 8.14. The van der Waals surface area contributed by atoms with Crippen LogP contribution in [0.25, 0.3) is 22.2 Å². The van der Waals surface area contributed by atoms with Gasteiger partial charge in [0.25, 0.3) is 0 Å². The van der Waals surface area contributed by atoms with Gasteiger partial charge in [-0.05, 0) is 37.3 Å². The molecule has 0 unspecified atom stereocenters. The van der Waals surface area contributed by atoms with Crippen molar-refractivity contribution in [1.29, 1.82) is 0 Å². The van der Waals surface area contributed by atoms with Gasteiger partial charge in [0.15, 0.2) is 0 Å². The fraction of sp³-hybridized carbons (Fsp3) is 0.208. The predicted octanol–water partition coefficient (Wildman–Crippen LogP) is 5.78. The van der Waals surface area contributed by atoms with Gasteiger partial charge in [0.2, 0.25) is 0 Å². The van der Waals surface area contributed by atoms with Crippen LogP contribution in [0.3, 0.4) is 0 Å². The minimum atomic E-state index is -5.05. The third kappa shape index (κ3) is 5.30. The second kappa shape index (κ2) is 9.94. The minimum absolute atomic E-state index is 0.232. The number of nitrogens with one attached hydrogen (secondary N) is 1. The highest BCUT2D eigenvalue weighted by atomic mass is 35.5. The maximum absolute atomic E-state index is 12.8. The molecule has 0 saturated heterocycles. The zero-order chi connectivity index (χ0) is 26.0. The SMILES string of the molecule is COc1ccc(Cl)c2c1cc(C)n2CCNc1cc(-c2ccc(C(=O)O)c(OC(F)(F)F)c2)ncn1. The number of alkyl halides is 3. The van der Waals surface area contributed by atoms with Gasteiger partial charge >= 0.3 is 12.3 Å². The third-order valence-electron chi connectivity index (χ3n) is 5.44. The molecule has 0 atom stereocenters. The van der Waals surface area contributed by atoms with Crippen LogP contribution in [0.4, 0.5) is 19.0 Å². The maximum atomic E-state index is 12.8. The molecule has 4 rings (SSSR count). The van der Waals surface area contributed by atoms with Crippen molar-refractivity contribution < 1.29 is 32.5 Å². The molecule has 2 heterocycles. The molecule has 4 aromatic rings. The van der Waals surface area contributed by atoms with Gasteiger partial charge in [0, 0.05) is 35.8 Å². The predicted molar refractivity (Wildman–Crippen MR) is 128 cm³/mol. The molecule has 36 heavy (non-hydrogen) atoms. The summed E-state index contributed by atoms with van der Waals surface area (Å²) in [5, 5.41) is 13.8. The zero-order valence-corrected chi connectivity index (χ0v) is 19.8. The molecule has 0 radical (unpaired) electrons. The number of fused-ring (bicyclic) bond motifs is 1.